The molecule has 4 aliphatic heterocycles. The topological polar surface area (TPSA) is 153 Å². The van der Waals surface area contributed by atoms with Crippen LogP contribution < -0.4 is 5.73 Å². The number of fused-ring (bicyclic) bond motifs is 1. The summed E-state index contributed by atoms with van der Waals surface area (Å²) >= 11 is 2.34. The number of ether oxygens (including phenoxy) is 3. The maximum Gasteiger partial charge on any atom is 0.474 e. The number of carbonyl (C=O) groups is 3. The van der Waals surface area contributed by atoms with Crippen LogP contribution in [0.2, 0.25) is 0 Å². The molecule has 6 unspecified atom stereocenters. The zero-order valence-corrected chi connectivity index (χ0v) is 28.3. The van der Waals surface area contributed by atoms with Gasteiger partial charge in [-0.05, 0) is 20.3 Å². The monoisotopic (exact) mass is 662 g/mol. The number of thioether (sulfide) groups is 2. The Morgan fingerprint density at radius 1 is 1.12 bits per heavy atom. The molecule has 0 aliphatic carbocycles. The molecule has 4 heterocycles. The fourth-order valence-electron chi connectivity index (χ4n) is 5.11. The molecule has 3 saturated heterocycles. The van der Waals surface area contributed by atoms with Crippen LogP contribution in [0.1, 0.15) is 54.9 Å². The highest BCUT2D eigenvalue weighted by molar-refractivity contribution is 8.13. The summed E-state index contributed by atoms with van der Waals surface area (Å²) < 4.78 is 49.2. The highest BCUT2D eigenvalue weighted by atomic mass is 32.2. The Bertz CT molecular complexity index is 1200. The van der Waals surface area contributed by atoms with Gasteiger partial charge in [0, 0.05) is 34.9 Å². The lowest BCUT2D eigenvalue weighted by atomic mass is 9.79. The number of allylic oxidation sites excluding steroid dienone is 1. The Morgan fingerprint density at radius 3 is 2.42 bits per heavy atom. The van der Waals surface area contributed by atoms with E-state index >= 15 is 0 Å². The molecule has 0 aromatic carbocycles. The number of nitrogens with zero attached hydrogens (tertiary/aromatic N) is 1. The predicted octanol–water partition coefficient (Wildman–Crippen LogP) is 3.99. The Kier molecular flexibility index (Phi) is 10.7. The Balaban J connectivity index is 1.45. The molecule has 0 spiro atoms. The highest BCUT2D eigenvalue weighted by Crippen LogP contribution is 2.52. The maximum absolute atomic E-state index is 13.7. The first-order valence-electron chi connectivity index (χ1n) is 14.3. The molecule has 0 saturated carbocycles. The minimum Gasteiger partial charge on any atom is -0.366 e. The van der Waals surface area contributed by atoms with E-state index in [-0.39, 0.29) is 42.2 Å². The molecular weight excluding hydrogens is 619 g/mol. The zero-order valence-electron chi connectivity index (χ0n) is 25.7. The molecule has 12 nitrogen and oxygen atoms in total. The summed E-state index contributed by atoms with van der Waals surface area (Å²) in [6.45, 7) is 12.3. The summed E-state index contributed by atoms with van der Waals surface area (Å²) in [6, 6.07) is 0. The van der Waals surface area contributed by atoms with Crippen molar-refractivity contribution in [1.82, 2.24) is 4.90 Å². The van der Waals surface area contributed by atoms with E-state index in [0.29, 0.717) is 12.0 Å². The van der Waals surface area contributed by atoms with Gasteiger partial charge in [-0.15, -0.1) is 11.8 Å². The number of amides is 1. The number of hydrogen-bond acceptors (Lipinski definition) is 13. The first-order chi connectivity index (χ1) is 19.9. The molecule has 242 valence electrons. The number of rotatable bonds is 6. The molecule has 1 amide bonds. The molecular formula is C28H43N2O10PS2. The van der Waals surface area contributed by atoms with E-state index in [1.54, 1.807) is 51.1 Å². The largest absolute Gasteiger partial charge is 0.474 e. The Hall–Kier alpha value is -1.22. The molecule has 0 bridgehead atoms. The van der Waals surface area contributed by atoms with Crippen LogP contribution >= 0.6 is 31.3 Å². The SMILES string of the molecule is CC1(C)OC2C(COP3(=O)OCCSC(=O)C(C)(C)C(C(=O)C(C)(C)C)SCCO3)OC(N3C=CCC(C(N)=O)=C3)C2O1. The minimum absolute atomic E-state index is 0.0284. The van der Waals surface area contributed by atoms with Crippen LogP contribution in [-0.4, -0.2) is 88.6 Å². The first kappa shape index (κ1) is 34.6. The number of primary amides is 1. The number of phosphoric ester groups is 1. The summed E-state index contributed by atoms with van der Waals surface area (Å²) in [5.74, 6) is -0.981. The van der Waals surface area contributed by atoms with Crippen molar-refractivity contribution in [2.24, 2.45) is 16.6 Å². The molecule has 3 fully saturated rings. The van der Waals surface area contributed by atoms with Crippen LogP contribution in [0.5, 0.6) is 0 Å². The number of ketones is 1. The maximum atomic E-state index is 13.7. The third-order valence-corrected chi connectivity index (χ3v) is 11.6. The lowest BCUT2D eigenvalue weighted by molar-refractivity contribution is -0.201. The van der Waals surface area contributed by atoms with E-state index in [2.05, 4.69) is 0 Å². The van der Waals surface area contributed by atoms with Gasteiger partial charge in [0.05, 0.1) is 30.5 Å². The predicted molar refractivity (Wildman–Crippen MR) is 163 cm³/mol. The van der Waals surface area contributed by atoms with Crippen molar-refractivity contribution in [1.29, 1.82) is 0 Å². The lowest BCUT2D eigenvalue weighted by Crippen LogP contribution is -2.44. The first-order valence-corrected chi connectivity index (χ1v) is 17.8. The van der Waals surface area contributed by atoms with Crippen molar-refractivity contribution < 1.29 is 46.7 Å². The van der Waals surface area contributed by atoms with E-state index in [1.165, 1.54) is 11.8 Å². The third kappa shape index (κ3) is 8.14. The third-order valence-electron chi connectivity index (χ3n) is 7.39. The van der Waals surface area contributed by atoms with Crippen LogP contribution in [0.25, 0.3) is 0 Å². The molecule has 4 rings (SSSR count). The quantitative estimate of drug-likeness (QED) is 0.408. The molecule has 15 heteroatoms. The van der Waals surface area contributed by atoms with E-state index < -0.39 is 60.1 Å². The van der Waals surface area contributed by atoms with Crippen molar-refractivity contribution in [2.45, 2.75) is 90.5 Å². The van der Waals surface area contributed by atoms with Gasteiger partial charge in [0.25, 0.3) is 0 Å². The van der Waals surface area contributed by atoms with Gasteiger partial charge >= 0.3 is 7.82 Å². The van der Waals surface area contributed by atoms with Crippen molar-refractivity contribution in [3.05, 3.63) is 24.0 Å². The van der Waals surface area contributed by atoms with Crippen molar-refractivity contribution in [3.63, 3.8) is 0 Å². The molecule has 2 N–H and O–H groups in total. The molecule has 0 aromatic rings. The highest BCUT2D eigenvalue weighted by Gasteiger charge is 2.57. The minimum atomic E-state index is -4.09. The van der Waals surface area contributed by atoms with Gasteiger partial charge in [-0.25, -0.2) is 4.57 Å². The second-order valence-corrected chi connectivity index (χ2v) is 16.8. The van der Waals surface area contributed by atoms with Gasteiger partial charge in [-0.2, -0.15) is 0 Å². The molecule has 0 radical (unpaired) electrons. The Labute approximate surface area is 261 Å². The molecule has 0 aromatic heterocycles. The van der Waals surface area contributed by atoms with Crippen LogP contribution in [-0.2, 0) is 46.7 Å². The van der Waals surface area contributed by atoms with Crippen LogP contribution in [0, 0.1) is 10.8 Å². The molecule has 43 heavy (non-hydrogen) atoms. The zero-order chi connectivity index (χ0) is 31.8. The molecule has 4 aliphatic rings. The van der Waals surface area contributed by atoms with Gasteiger partial charge < -0.3 is 24.8 Å². The number of phosphoric acid groups is 1. The number of nitrogens with two attached hydrogens (primary N) is 1. The summed E-state index contributed by atoms with van der Waals surface area (Å²) in [4.78, 5) is 40.0. The van der Waals surface area contributed by atoms with Crippen LogP contribution in [0.3, 0.4) is 0 Å². The molecule has 6 atom stereocenters. The standard InChI is InChI=1S/C28H43N2O10PS2/c1-26(2,3)21(31)22-27(4,5)25(33)43-14-12-36-41(34,35-11-13-42-22)37-16-18-19-20(40-28(6,7)39-19)24(38-18)30-10-8-9-17(15-30)23(29)32/h8,10,15,18-20,22,24H,9,11-14,16H2,1-7H3,(H2,29,32). The summed E-state index contributed by atoms with van der Waals surface area (Å²) in [6.07, 6.45) is 3.12. The normalized spacial score (nSPS) is 35.0. The number of carbonyl (C=O) groups excluding carboxylic acids is 3. The Morgan fingerprint density at radius 2 is 1.77 bits per heavy atom. The van der Waals surface area contributed by atoms with Gasteiger partial charge in [0.15, 0.2) is 22.9 Å². The second kappa shape index (κ2) is 13.3. The van der Waals surface area contributed by atoms with E-state index in [9.17, 15) is 18.9 Å². The van der Waals surface area contributed by atoms with Gasteiger partial charge in [-0.3, -0.25) is 28.0 Å². The van der Waals surface area contributed by atoms with Gasteiger partial charge in [-0.1, -0.05) is 52.5 Å². The lowest BCUT2D eigenvalue weighted by Gasteiger charge is -2.35. The van der Waals surface area contributed by atoms with Gasteiger partial charge in [0.2, 0.25) is 5.91 Å². The smallest absolute Gasteiger partial charge is 0.366 e. The average molecular weight is 663 g/mol. The van der Waals surface area contributed by atoms with Crippen LogP contribution in [0.4, 0.5) is 0 Å². The number of Topliss-reactive ketones (excluding diaryl/α,β-unsaturated/α-hetero) is 1. The van der Waals surface area contributed by atoms with Crippen molar-refractivity contribution in [2.75, 3.05) is 31.3 Å². The van der Waals surface area contributed by atoms with Crippen LogP contribution in [0.15, 0.2) is 24.0 Å². The van der Waals surface area contributed by atoms with E-state index in [1.807, 2.05) is 20.8 Å². The second-order valence-electron chi connectivity index (χ2n) is 12.8. The fourth-order valence-corrected chi connectivity index (χ4v) is 8.90. The number of hydrogen-bond donors (Lipinski definition) is 1. The van der Waals surface area contributed by atoms with E-state index in [4.69, 9.17) is 33.5 Å². The van der Waals surface area contributed by atoms with Crippen molar-refractivity contribution in [3.8, 4) is 0 Å². The summed E-state index contributed by atoms with van der Waals surface area (Å²) in [5.41, 5.74) is 4.36. The summed E-state index contributed by atoms with van der Waals surface area (Å²) in [5, 5.41) is -0.741. The average Bonchev–Trinajstić information content (AvgIpc) is 3.41. The summed E-state index contributed by atoms with van der Waals surface area (Å²) in [7, 11) is -4.09. The fraction of sp³-hybridized carbons (Fsp3) is 0.750. The van der Waals surface area contributed by atoms with Gasteiger partial charge in [0.1, 0.15) is 18.3 Å². The van der Waals surface area contributed by atoms with E-state index in [0.717, 1.165) is 11.8 Å². The van der Waals surface area contributed by atoms with Crippen molar-refractivity contribution >= 4 is 48.2 Å².